The van der Waals surface area contributed by atoms with Gasteiger partial charge in [-0.3, -0.25) is 10.1 Å². The fraction of sp³-hybridized carbons (Fsp3) is 0. The van der Waals surface area contributed by atoms with Crippen LogP contribution in [-0.4, -0.2) is 26.0 Å². The van der Waals surface area contributed by atoms with E-state index in [9.17, 15) is 14.9 Å². The van der Waals surface area contributed by atoms with E-state index in [-0.39, 0.29) is 27.7 Å². The second-order valence-electron chi connectivity index (χ2n) is 4.51. The highest BCUT2D eigenvalue weighted by molar-refractivity contribution is 6.33. The predicted molar refractivity (Wildman–Crippen MR) is 80.2 cm³/mol. The molecule has 3 aromatic rings. The number of fused-ring (bicyclic) bond motifs is 1. The summed E-state index contributed by atoms with van der Waals surface area (Å²) >= 11 is 6.06. The van der Waals surface area contributed by atoms with E-state index in [2.05, 4.69) is 9.97 Å². The quantitative estimate of drug-likeness (QED) is 0.567. The molecule has 0 atom stereocenters. The van der Waals surface area contributed by atoms with Gasteiger partial charge in [-0.1, -0.05) is 17.7 Å². The Morgan fingerprint density at radius 2 is 2.09 bits per heavy atom. The van der Waals surface area contributed by atoms with Crippen molar-refractivity contribution in [3.05, 3.63) is 57.1 Å². The summed E-state index contributed by atoms with van der Waals surface area (Å²) in [6.07, 6.45) is 0. The number of nitrogens with one attached hydrogen (secondary N) is 1. The lowest BCUT2D eigenvalue weighted by molar-refractivity contribution is -0.384. The Hall–Kier alpha value is -2.93. The molecule has 0 saturated heterocycles. The Kier molecular flexibility index (Phi) is 3.26. The van der Waals surface area contributed by atoms with E-state index in [0.717, 1.165) is 0 Å². The highest BCUT2D eigenvalue weighted by Crippen LogP contribution is 2.35. The number of nitro groups is 1. The number of H-pyrrole nitrogens is 1. The topological polar surface area (TPSA) is 109 Å². The minimum absolute atomic E-state index is 0.0939. The van der Waals surface area contributed by atoms with Crippen molar-refractivity contribution in [2.75, 3.05) is 0 Å². The first kappa shape index (κ1) is 14.0. The summed E-state index contributed by atoms with van der Waals surface area (Å²) in [5.74, 6) is -0.850. The standard InChI is InChI=1S/C14H8ClN3O4/c15-8-2-1-3-11(18(21)22)12(8)13-16-9-5-4-7(14(19)20)6-10(9)17-13/h1-6H,(H,16,17)(H,19,20). The molecule has 110 valence electrons. The van der Waals surface area contributed by atoms with Crippen molar-refractivity contribution in [2.24, 2.45) is 0 Å². The first-order valence-electron chi connectivity index (χ1n) is 6.13. The molecule has 1 aromatic heterocycles. The third kappa shape index (κ3) is 2.27. The van der Waals surface area contributed by atoms with Gasteiger partial charge in [0, 0.05) is 6.07 Å². The number of aromatic carboxylic acids is 1. The monoisotopic (exact) mass is 317 g/mol. The molecule has 2 N–H and O–H groups in total. The van der Waals surface area contributed by atoms with Gasteiger partial charge in [-0.2, -0.15) is 0 Å². The van der Waals surface area contributed by atoms with Crippen LogP contribution >= 0.6 is 11.6 Å². The zero-order chi connectivity index (χ0) is 15.9. The second kappa shape index (κ2) is 5.12. The molecule has 0 aliphatic heterocycles. The van der Waals surface area contributed by atoms with Crippen LogP contribution in [0.15, 0.2) is 36.4 Å². The minimum Gasteiger partial charge on any atom is -0.478 e. The number of imidazole rings is 1. The average Bonchev–Trinajstić information content (AvgIpc) is 2.88. The lowest BCUT2D eigenvalue weighted by Gasteiger charge is -2.01. The summed E-state index contributed by atoms with van der Waals surface area (Å²) in [6, 6.07) is 8.70. The number of benzene rings is 2. The molecule has 2 aromatic carbocycles. The molecule has 0 radical (unpaired) electrons. The number of aromatic nitrogens is 2. The van der Waals surface area contributed by atoms with Crippen molar-refractivity contribution in [1.29, 1.82) is 0 Å². The van der Waals surface area contributed by atoms with Crippen LogP contribution in [0.25, 0.3) is 22.4 Å². The largest absolute Gasteiger partial charge is 0.478 e. The average molecular weight is 318 g/mol. The van der Waals surface area contributed by atoms with Gasteiger partial charge in [-0.25, -0.2) is 9.78 Å². The summed E-state index contributed by atoms with van der Waals surface area (Å²) in [7, 11) is 0. The van der Waals surface area contributed by atoms with E-state index in [1.165, 1.54) is 36.4 Å². The summed E-state index contributed by atoms with van der Waals surface area (Å²) in [5.41, 5.74) is 1.04. The number of hydrogen-bond acceptors (Lipinski definition) is 4. The molecule has 0 aliphatic rings. The van der Waals surface area contributed by atoms with Crippen LogP contribution in [-0.2, 0) is 0 Å². The van der Waals surface area contributed by atoms with E-state index in [1.807, 2.05) is 0 Å². The van der Waals surface area contributed by atoms with E-state index < -0.39 is 10.9 Å². The van der Waals surface area contributed by atoms with Gasteiger partial charge >= 0.3 is 5.97 Å². The van der Waals surface area contributed by atoms with Crippen LogP contribution in [0.2, 0.25) is 5.02 Å². The number of aromatic amines is 1. The molecule has 0 amide bonds. The Bertz CT molecular complexity index is 920. The molecule has 7 nitrogen and oxygen atoms in total. The molecular formula is C14H8ClN3O4. The van der Waals surface area contributed by atoms with Crippen molar-refractivity contribution in [2.45, 2.75) is 0 Å². The zero-order valence-corrected chi connectivity index (χ0v) is 11.7. The predicted octanol–water partition coefficient (Wildman–Crippen LogP) is 3.49. The van der Waals surface area contributed by atoms with E-state index in [4.69, 9.17) is 16.7 Å². The minimum atomic E-state index is -1.07. The van der Waals surface area contributed by atoms with Crippen molar-refractivity contribution < 1.29 is 14.8 Å². The third-order valence-electron chi connectivity index (χ3n) is 3.15. The first-order chi connectivity index (χ1) is 10.5. The normalized spacial score (nSPS) is 10.8. The molecule has 1 heterocycles. The molecule has 0 saturated carbocycles. The molecule has 0 bridgehead atoms. The number of hydrogen-bond donors (Lipinski definition) is 2. The number of rotatable bonds is 3. The smallest absolute Gasteiger partial charge is 0.335 e. The summed E-state index contributed by atoms with van der Waals surface area (Å²) in [5, 5.41) is 20.3. The molecular weight excluding hydrogens is 310 g/mol. The molecule has 3 rings (SSSR count). The molecule has 8 heteroatoms. The maximum absolute atomic E-state index is 11.1. The SMILES string of the molecule is O=C(O)c1ccc2nc(-c3c(Cl)cccc3[N+](=O)[O-])[nH]c2c1. The fourth-order valence-electron chi connectivity index (χ4n) is 2.16. The Labute approximate surface area is 128 Å². The lowest BCUT2D eigenvalue weighted by atomic mass is 10.1. The van der Waals surface area contributed by atoms with E-state index >= 15 is 0 Å². The van der Waals surface area contributed by atoms with Gasteiger partial charge in [0.15, 0.2) is 0 Å². The van der Waals surface area contributed by atoms with Crippen LogP contribution < -0.4 is 0 Å². The van der Waals surface area contributed by atoms with Crippen molar-refractivity contribution in [3.63, 3.8) is 0 Å². The maximum atomic E-state index is 11.1. The fourth-order valence-corrected chi connectivity index (χ4v) is 2.42. The third-order valence-corrected chi connectivity index (χ3v) is 3.47. The van der Waals surface area contributed by atoms with Gasteiger partial charge in [-0.05, 0) is 24.3 Å². The van der Waals surface area contributed by atoms with E-state index in [1.54, 1.807) is 0 Å². The van der Waals surface area contributed by atoms with Crippen LogP contribution in [0.1, 0.15) is 10.4 Å². The maximum Gasteiger partial charge on any atom is 0.335 e. The lowest BCUT2D eigenvalue weighted by Crippen LogP contribution is -1.94. The van der Waals surface area contributed by atoms with Crippen molar-refractivity contribution >= 4 is 34.3 Å². The number of carboxylic acid groups (broad SMARTS) is 1. The Morgan fingerprint density at radius 1 is 1.32 bits per heavy atom. The van der Waals surface area contributed by atoms with Gasteiger partial charge in [0.25, 0.3) is 5.69 Å². The summed E-state index contributed by atoms with van der Waals surface area (Å²) in [4.78, 5) is 28.7. The number of nitro benzene ring substituents is 1. The summed E-state index contributed by atoms with van der Waals surface area (Å²) in [6.45, 7) is 0. The van der Waals surface area contributed by atoms with Crippen molar-refractivity contribution in [1.82, 2.24) is 9.97 Å². The van der Waals surface area contributed by atoms with Gasteiger partial charge in [0.1, 0.15) is 11.4 Å². The van der Waals surface area contributed by atoms with Crippen LogP contribution in [0.5, 0.6) is 0 Å². The number of nitrogens with zero attached hydrogens (tertiary/aromatic N) is 2. The van der Waals surface area contributed by atoms with E-state index in [0.29, 0.717) is 11.0 Å². The Morgan fingerprint density at radius 3 is 2.77 bits per heavy atom. The van der Waals surface area contributed by atoms with Gasteiger partial charge < -0.3 is 10.1 Å². The molecule has 22 heavy (non-hydrogen) atoms. The van der Waals surface area contributed by atoms with Crippen LogP contribution in [0.3, 0.4) is 0 Å². The van der Waals surface area contributed by atoms with Gasteiger partial charge in [0.05, 0.1) is 26.5 Å². The highest BCUT2D eigenvalue weighted by atomic mass is 35.5. The van der Waals surface area contributed by atoms with Gasteiger partial charge in [-0.15, -0.1) is 0 Å². The highest BCUT2D eigenvalue weighted by Gasteiger charge is 2.21. The number of carboxylic acids is 1. The number of carbonyl (C=O) groups is 1. The second-order valence-corrected chi connectivity index (χ2v) is 4.92. The molecule has 0 fully saturated rings. The Balaban J connectivity index is 2.23. The molecule has 0 spiro atoms. The first-order valence-corrected chi connectivity index (χ1v) is 6.51. The molecule has 0 unspecified atom stereocenters. The molecule has 0 aliphatic carbocycles. The van der Waals surface area contributed by atoms with Crippen LogP contribution in [0.4, 0.5) is 5.69 Å². The van der Waals surface area contributed by atoms with Gasteiger partial charge in [0.2, 0.25) is 0 Å². The zero-order valence-electron chi connectivity index (χ0n) is 10.9. The van der Waals surface area contributed by atoms with Crippen LogP contribution in [0, 0.1) is 10.1 Å². The summed E-state index contributed by atoms with van der Waals surface area (Å²) < 4.78 is 0. The van der Waals surface area contributed by atoms with Crippen molar-refractivity contribution in [3.8, 4) is 11.4 Å². The number of halogens is 1.